The molecule has 0 heterocycles. The fourth-order valence-electron chi connectivity index (χ4n) is 4.64. The van der Waals surface area contributed by atoms with Gasteiger partial charge >= 0.3 is 6.09 Å². The molecule has 0 saturated heterocycles. The van der Waals surface area contributed by atoms with Crippen LogP contribution in [0.15, 0.2) is 11.8 Å². The Hall–Kier alpha value is -1.03. The van der Waals surface area contributed by atoms with Gasteiger partial charge in [-0.05, 0) is 59.0 Å². The van der Waals surface area contributed by atoms with E-state index >= 15 is 0 Å². The van der Waals surface area contributed by atoms with E-state index in [1.54, 1.807) is 11.2 Å². The standard InChI is InChI=1S/C25H47NO3/c1-7-8-9-10-11-14-17-23(27)25(6)18-15-12-13-16-22(25)19-29-24(28)26(20(2)3)21(4)5/h19-21,23,27H,7-18H2,1-6H3/b22-19+/t23-,25+/m1/s1. The average molecular weight is 410 g/mol. The van der Waals surface area contributed by atoms with Crippen molar-refractivity contribution < 1.29 is 14.6 Å². The van der Waals surface area contributed by atoms with E-state index in [2.05, 4.69) is 13.8 Å². The molecule has 1 amide bonds. The summed E-state index contributed by atoms with van der Waals surface area (Å²) in [6, 6.07) is 0.194. The number of hydrogen-bond donors (Lipinski definition) is 1. The summed E-state index contributed by atoms with van der Waals surface area (Å²) in [5.41, 5.74) is 0.815. The Morgan fingerprint density at radius 3 is 2.31 bits per heavy atom. The first-order valence-electron chi connectivity index (χ1n) is 12.1. The number of unbranched alkanes of at least 4 members (excludes halogenated alkanes) is 5. The predicted octanol–water partition coefficient (Wildman–Crippen LogP) is 7.21. The highest BCUT2D eigenvalue weighted by Crippen LogP contribution is 2.43. The molecule has 0 spiro atoms. The molecule has 0 bridgehead atoms. The van der Waals surface area contributed by atoms with Gasteiger partial charge in [0.25, 0.3) is 0 Å². The normalized spacial score (nSPS) is 22.7. The van der Waals surface area contributed by atoms with Crippen molar-refractivity contribution >= 4 is 6.09 Å². The Balaban J connectivity index is 2.78. The van der Waals surface area contributed by atoms with Crippen LogP contribution in [-0.2, 0) is 4.74 Å². The van der Waals surface area contributed by atoms with E-state index in [9.17, 15) is 9.90 Å². The number of aliphatic hydroxyl groups is 1. The molecule has 1 rings (SSSR count). The van der Waals surface area contributed by atoms with Crippen LogP contribution in [0.3, 0.4) is 0 Å². The summed E-state index contributed by atoms with van der Waals surface area (Å²) in [6.07, 6.45) is 14.5. The summed E-state index contributed by atoms with van der Waals surface area (Å²) in [5, 5.41) is 11.1. The molecule has 1 aliphatic rings. The molecule has 1 saturated carbocycles. The van der Waals surface area contributed by atoms with E-state index in [-0.39, 0.29) is 29.7 Å². The average Bonchev–Trinajstić information content (AvgIpc) is 2.84. The molecule has 1 aliphatic carbocycles. The van der Waals surface area contributed by atoms with Crippen molar-refractivity contribution in [3.63, 3.8) is 0 Å². The van der Waals surface area contributed by atoms with E-state index in [0.29, 0.717) is 0 Å². The maximum absolute atomic E-state index is 12.6. The lowest BCUT2D eigenvalue weighted by atomic mass is 9.72. The highest BCUT2D eigenvalue weighted by Gasteiger charge is 2.37. The Morgan fingerprint density at radius 1 is 1.07 bits per heavy atom. The molecular formula is C25H47NO3. The summed E-state index contributed by atoms with van der Waals surface area (Å²) in [6.45, 7) is 12.4. The summed E-state index contributed by atoms with van der Waals surface area (Å²) < 4.78 is 5.65. The first-order chi connectivity index (χ1) is 13.7. The van der Waals surface area contributed by atoms with E-state index in [1.807, 2.05) is 27.7 Å². The van der Waals surface area contributed by atoms with Crippen LogP contribution >= 0.6 is 0 Å². The quantitative estimate of drug-likeness (QED) is 0.223. The molecule has 0 unspecified atom stereocenters. The number of carbonyl (C=O) groups is 1. The predicted molar refractivity (Wildman–Crippen MR) is 122 cm³/mol. The minimum atomic E-state index is -0.372. The lowest BCUT2D eigenvalue weighted by Crippen LogP contribution is -2.42. The van der Waals surface area contributed by atoms with E-state index < -0.39 is 0 Å². The largest absolute Gasteiger partial charge is 0.418 e. The maximum Gasteiger partial charge on any atom is 0.415 e. The van der Waals surface area contributed by atoms with E-state index in [4.69, 9.17) is 4.74 Å². The number of hydrogen-bond acceptors (Lipinski definition) is 3. The van der Waals surface area contributed by atoms with Gasteiger partial charge in [0.05, 0.1) is 12.4 Å². The molecule has 1 fully saturated rings. The molecule has 4 nitrogen and oxygen atoms in total. The van der Waals surface area contributed by atoms with E-state index in [0.717, 1.165) is 44.1 Å². The zero-order valence-electron chi connectivity index (χ0n) is 20.0. The van der Waals surface area contributed by atoms with Crippen LogP contribution in [0.4, 0.5) is 4.79 Å². The Kier molecular flexibility index (Phi) is 11.9. The van der Waals surface area contributed by atoms with Crippen molar-refractivity contribution in [2.75, 3.05) is 0 Å². The highest BCUT2D eigenvalue weighted by molar-refractivity contribution is 5.69. The summed E-state index contributed by atoms with van der Waals surface area (Å²) in [5.74, 6) is 0. The minimum Gasteiger partial charge on any atom is -0.418 e. The van der Waals surface area contributed by atoms with Crippen molar-refractivity contribution in [2.45, 2.75) is 137 Å². The number of amides is 1. The minimum absolute atomic E-state index is 0.0970. The molecule has 2 atom stereocenters. The summed E-state index contributed by atoms with van der Waals surface area (Å²) >= 11 is 0. The molecule has 0 aromatic heterocycles. The fourth-order valence-corrected chi connectivity index (χ4v) is 4.64. The molecule has 0 aromatic carbocycles. The van der Waals surface area contributed by atoms with Crippen LogP contribution in [-0.4, -0.2) is 34.3 Å². The van der Waals surface area contributed by atoms with Gasteiger partial charge in [-0.1, -0.05) is 65.2 Å². The third kappa shape index (κ3) is 8.32. The van der Waals surface area contributed by atoms with Crippen LogP contribution in [0, 0.1) is 5.41 Å². The smallest absolute Gasteiger partial charge is 0.415 e. The number of carbonyl (C=O) groups excluding carboxylic acids is 1. The van der Waals surface area contributed by atoms with Gasteiger partial charge in [-0.15, -0.1) is 0 Å². The topological polar surface area (TPSA) is 49.8 Å². The van der Waals surface area contributed by atoms with Crippen LogP contribution < -0.4 is 0 Å². The SMILES string of the molecule is CCCCCCCC[C@@H](O)[C@@]1(C)CCCCC/C1=C\OC(=O)N(C(C)C)C(C)C. The zero-order chi connectivity index (χ0) is 21.9. The van der Waals surface area contributed by atoms with Gasteiger partial charge in [-0.25, -0.2) is 4.79 Å². The van der Waals surface area contributed by atoms with Crippen LogP contribution in [0.5, 0.6) is 0 Å². The molecule has 1 N–H and O–H groups in total. The molecule has 0 aliphatic heterocycles. The molecule has 4 heteroatoms. The van der Waals surface area contributed by atoms with Gasteiger partial charge in [0.15, 0.2) is 0 Å². The van der Waals surface area contributed by atoms with Gasteiger partial charge in [-0.2, -0.15) is 0 Å². The molecule has 0 aromatic rings. The van der Waals surface area contributed by atoms with Crippen LogP contribution in [0.25, 0.3) is 0 Å². The lowest BCUT2D eigenvalue weighted by molar-refractivity contribution is 0.0431. The molecular weight excluding hydrogens is 362 g/mol. The first kappa shape index (κ1) is 26.0. The molecule has 0 radical (unpaired) electrons. The van der Waals surface area contributed by atoms with Crippen LogP contribution in [0.2, 0.25) is 0 Å². The second-order valence-corrected chi connectivity index (χ2v) is 9.67. The number of ether oxygens (including phenoxy) is 1. The molecule has 170 valence electrons. The van der Waals surface area contributed by atoms with Gasteiger partial charge < -0.3 is 14.7 Å². The Labute approximate surface area is 180 Å². The second-order valence-electron chi connectivity index (χ2n) is 9.67. The van der Waals surface area contributed by atoms with Crippen molar-refractivity contribution in [1.29, 1.82) is 0 Å². The van der Waals surface area contributed by atoms with Gasteiger partial charge in [-0.3, -0.25) is 0 Å². The fraction of sp³-hybridized carbons (Fsp3) is 0.880. The summed E-state index contributed by atoms with van der Waals surface area (Å²) in [4.78, 5) is 14.4. The Bertz CT molecular complexity index is 492. The first-order valence-corrected chi connectivity index (χ1v) is 12.1. The number of aliphatic hydroxyl groups excluding tert-OH is 1. The number of rotatable bonds is 11. The van der Waals surface area contributed by atoms with Crippen molar-refractivity contribution in [1.82, 2.24) is 4.90 Å². The third-order valence-corrected chi connectivity index (χ3v) is 6.57. The Morgan fingerprint density at radius 2 is 1.69 bits per heavy atom. The van der Waals surface area contributed by atoms with Crippen molar-refractivity contribution in [3.8, 4) is 0 Å². The van der Waals surface area contributed by atoms with Crippen LogP contribution in [0.1, 0.15) is 119 Å². The number of nitrogens with zero attached hydrogens (tertiary/aromatic N) is 1. The maximum atomic E-state index is 12.6. The van der Waals surface area contributed by atoms with Crippen molar-refractivity contribution in [3.05, 3.63) is 11.8 Å². The molecule has 29 heavy (non-hydrogen) atoms. The van der Waals surface area contributed by atoms with E-state index in [1.165, 1.54) is 38.5 Å². The zero-order valence-corrected chi connectivity index (χ0v) is 20.0. The summed E-state index contributed by atoms with van der Waals surface area (Å²) in [7, 11) is 0. The second kappa shape index (κ2) is 13.3. The van der Waals surface area contributed by atoms with Gasteiger partial charge in [0, 0.05) is 17.5 Å². The third-order valence-electron chi connectivity index (χ3n) is 6.57. The monoisotopic (exact) mass is 409 g/mol. The van der Waals surface area contributed by atoms with Gasteiger partial charge in [0.2, 0.25) is 0 Å². The van der Waals surface area contributed by atoms with Gasteiger partial charge in [0.1, 0.15) is 0 Å². The lowest BCUT2D eigenvalue weighted by Gasteiger charge is -2.36. The van der Waals surface area contributed by atoms with Crippen molar-refractivity contribution in [2.24, 2.45) is 5.41 Å². The highest BCUT2D eigenvalue weighted by atomic mass is 16.5.